The Morgan fingerprint density at radius 3 is 3.13 bits per heavy atom. The number of terminal acetylenes is 1. The van der Waals surface area contributed by atoms with Gasteiger partial charge in [-0.3, -0.25) is 0 Å². The van der Waals surface area contributed by atoms with E-state index in [9.17, 15) is 4.79 Å². The summed E-state index contributed by atoms with van der Waals surface area (Å²) in [5.74, 6) is 2.44. The third kappa shape index (κ3) is 3.64. The monoisotopic (exact) mass is 226 g/mol. The number of carbonyl (C=O) groups is 1. The van der Waals surface area contributed by atoms with Crippen molar-refractivity contribution in [3.05, 3.63) is 5.89 Å². The number of hydrogen-bond acceptors (Lipinski definition) is 6. The Balaban J connectivity index is 2.49. The van der Waals surface area contributed by atoms with Gasteiger partial charge in [-0.1, -0.05) is 16.9 Å². The zero-order valence-electron chi connectivity index (χ0n) is 8.23. The molecule has 0 saturated heterocycles. The van der Waals surface area contributed by atoms with Gasteiger partial charge in [0.15, 0.2) is 0 Å². The summed E-state index contributed by atoms with van der Waals surface area (Å²) in [5.41, 5.74) is 0. The Morgan fingerprint density at radius 1 is 1.67 bits per heavy atom. The highest BCUT2D eigenvalue weighted by Gasteiger charge is 2.15. The molecule has 0 aliphatic rings. The maximum absolute atomic E-state index is 11.1. The fourth-order valence-electron chi connectivity index (χ4n) is 0.741. The summed E-state index contributed by atoms with van der Waals surface area (Å²) < 4.78 is 9.73. The minimum Gasteiger partial charge on any atom is -0.459 e. The van der Waals surface area contributed by atoms with Gasteiger partial charge >= 0.3 is 11.9 Å². The summed E-state index contributed by atoms with van der Waals surface area (Å²) in [6, 6.07) is 0. The van der Waals surface area contributed by atoms with E-state index in [1.165, 1.54) is 11.8 Å². The van der Waals surface area contributed by atoms with Crippen LogP contribution in [0.25, 0.3) is 0 Å². The minimum absolute atomic E-state index is 0.125. The van der Waals surface area contributed by atoms with Crippen LogP contribution < -0.4 is 0 Å². The van der Waals surface area contributed by atoms with E-state index >= 15 is 0 Å². The van der Waals surface area contributed by atoms with Crippen LogP contribution in [0.3, 0.4) is 0 Å². The van der Waals surface area contributed by atoms with Crippen LogP contribution in [0.4, 0.5) is 0 Å². The molecule has 0 amide bonds. The van der Waals surface area contributed by atoms with Crippen LogP contribution in [-0.4, -0.2) is 28.5 Å². The average molecular weight is 226 g/mol. The topological polar surface area (TPSA) is 65.2 Å². The van der Waals surface area contributed by atoms with Gasteiger partial charge in [-0.2, -0.15) is 0 Å². The number of hydrogen-bond donors (Lipinski definition) is 0. The summed E-state index contributed by atoms with van der Waals surface area (Å²) >= 11 is 1.31. The third-order valence-corrected chi connectivity index (χ3v) is 2.15. The van der Waals surface area contributed by atoms with Crippen molar-refractivity contribution in [2.75, 3.05) is 12.4 Å². The maximum atomic E-state index is 11.1. The molecule has 5 nitrogen and oxygen atoms in total. The van der Waals surface area contributed by atoms with Crippen LogP contribution in [0.5, 0.6) is 0 Å². The molecule has 1 aromatic heterocycles. The Labute approximate surface area is 91.6 Å². The fourth-order valence-corrected chi connectivity index (χ4v) is 1.37. The lowest BCUT2D eigenvalue weighted by Crippen LogP contribution is -2.04. The molecule has 0 aromatic carbocycles. The van der Waals surface area contributed by atoms with Gasteiger partial charge in [-0.15, -0.1) is 17.4 Å². The van der Waals surface area contributed by atoms with Crippen molar-refractivity contribution in [3.63, 3.8) is 0 Å². The normalized spacial score (nSPS) is 9.60. The van der Waals surface area contributed by atoms with E-state index in [0.29, 0.717) is 17.4 Å². The van der Waals surface area contributed by atoms with Gasteiger partial charge in [-0.05, 0) is 6.92 Å². The van der Waals surface area contributed by atoms with Crippen molar-refractivity contribution in [2.45, 2.75) is 18.6 Å². The number of nitrogens with zero attached hydrogens (tertiary/aromatic N) is 2. The van der Waals surface area contributed by atoms with Gasteiger partial charge in [0.1, 0.15) is 0 Å². The first kappa shape index (κ1) is 11.6. The van der Waals surface area contributed by atoms with E-state index in [-0.39, 0.29) is 12.5 Å². The molecule has 15 heavy (non-hydrogen) atoms. The van der Waals surface area contributed by atoms with Crippen LogP contribution in [0, 0.1) is 12.3 Å². The standard InChI is InChI=1S/C9H10N2O3S/c1-3-5-6-15-9-11-10-7(14-9)8(12)13-4-2/h1H,4-6H2,2H3. The Morgan fingerprint density at radius 2 is 2.47 bits per heavy atom. The number of ether oxygens (including phenoxy) is 1. The van der Waals surface area contributed by atoms with Crippen molar-refractivity contribution < 1.29 is 13.9 Å². The van der Waals surface area contributed by atoms with Crippen LogP contribution >= 0.6 is 11.8 Å². The first-order valence-electron chi connectivity index (χ1n) is 4.34. The molecule has 0 aliphatic carbocycles. The first-order chi connectivity index (χ1) is 7.27. The third-order valence-electron chi connectivity index (χ3n) is 1.33. The number of aromatic nitrogens is 2. The van der Waals surface area contributed by atoms with Crippen molar-refractivity contribution >= 4 is 17.7 Å². The molecule has 0 radical (unpaired) electrons. The molecule has 1 rings (SSSR count). The highest BCUT2D eigenvalue weighted by atomic mass is 32.2. The van der Waals surface area contributed by atoms with Crippen LogP contribution in [-0.2, 0) is 4.74 Å². The predicted octanol–water partition coefficient (Wildman–Crippen LogP) is 1.36. The van der Waals surface area contributed by atoms with Crippen LogP contribution in [0.1, 0.15) is 24.0 Å². The Kier molecular flexibility index (Phi) is 4.71. The second-order valence-corrected chi connectivity index (χ2v) is 3.44. The van der Waals surface area contributed by atoms with Crippen molar-refractivity contribution in [2.24, 2.45) is 0 Å². The smallest absolute Gasteiger partial charge is 0.396 e. The van der Waals surface area contributed by atoms with Gasteiger partial charge in [0.2, 0.25) is 0 Å². The van der Waals surface area contributed by atoms with E-state index in [4.69, 9.17) is 15.6 Å². The number of thioether (sulfide) groups is 1. The molecule has 0 saturated carbocycles. The molecule has 0 fully saturated rings. The number of carbonyl (C=O) groups excluding carboxylic acids is 1. The molecular formula is C9H10N2O3S. The van der Waals surface area contributed by atoms with Gasteiger partial charge in [0, 0.05) is 12.2 Å². The summed E-state index contributed by atoms with van der Waals surface area (Å²) in [5, 5.41) is 7.55. The maximum Gasteiger partial charge on any atom is 0.396 e. The summed E-state index contributed by atoms with van der Waals surface area (Å²) in [6.07, 6.45) is 5.69. The summed E-state index contributed by atoms with van der Waals surface area (Å²) in [6.45, 7) is 1.98. The number of esters is 1. The van der Waals surface area contributed by atoms with Gasteiger partial charge < -0.3 is 9.15 Å². The molecule has 0 aliphatic heterocycles. The van der Waals surface area contributed by atoms with Crippen LogP contribution in [0.2, 0.25) is 0 Å². The van der Waals surface area contributed by atoms with E-state index in [2.05, 4.69) is 16.1 Å². The molecule has 0 atom stereocenters. The minimum atomic E-state index is -0.603. The Bertz CT molecular complexity index is 370. The summed E-state index contributed by atoms with van der Waals surface area (Å²) in [4.78, 5) is 11.1. The molecule has 6 heteroatoms. The van der Waals surface area contributed by atoms with Crippen molar-refractivity contribution in [1.29, 1.82) is 0 Å². The largest absolute Gasteiger partial charge is 0.459 e. The predicted molar refractivity (Wildman–Crippen MR) is 54.4 cm³/mol. The average Bonchev–Trinajstić information content (AvgIpc) is 2.67. The van der Waals surface area contributed by atoms with Crippen molar-refractivity contribution in [1.82, 2.24) is 10.2 Å². The highest BCUT2D eigenvalue weighted by Crippen LogP contribution is 2.16. The zero-order valence-corrected chi connectivity index (χ0v) is 9.04. The lowest BCUT2D eigenvalue weighted by Gasteiger charge is -1.94. The molecule has 0 unspecified atom stereocenters. The summed E-state index contributed by atoms with van der Waals surface area (Å²) in [7, 11) is 0. The van der Waals surface area contributed by atoms with E-state index < -0.39 is 5.97 Å². The van der Waals surface area contributed by atoms with Gasteiger partial charge in [-0.25, -0.2) is 4.79 Å². The van der Waals surface area contributed by atoms with Gasteiger partial charge in [0.25, 0.3) is 5.22 Å². The van der Waals surface area contributed by atoms with Crippen LogP contribution in [0.15, 0.2) is 9.64 Å². The Hall–Kier alpha value is -1.48. The molecule has 1 heterocycles. The number of rotatable bonds is 5. The molecule has 80 valence electrons. The van der Waals surface area contributed by atoms with Gasteiger partial charge in [0.05, 0.1) is 6.61 Å². The van der Waals surface area contributed by atoms with E-state index in [1.807, 2.05) is 0 Å². The molecule has 0 spiro atoms. The second-order valence-electron chi connectivity index (χ2n) is 2.40. The molecular weight excluding hydrogens is 216 g/mol. The molecule has 0 bridgehead atoms. The van der Waals surface area contributed by atoms with E-state index in [0.717, 1.165) is 0 Å². The first-order valence-corrected chi connectivity index (χ1v) is 5.33. The molecule has 1 aromatic rings. The SMILES string of the molecule is C#CCCSc1nnc(C(=O)OCC)o1. The molecule has 0 N–H and O–H groups in total. The highest BCUT2D eigenvalue weighted by molar-refractivity contribution is 7.99. The lowest BCUT2D eigenvalue weighted by molar-refractivity contribution is 0.0475. The quantitative estimate of drug-likeness (QED) is 0.327. The lowest BCUT2D eigenvalue weighted by atomic mass is 10.5. The van der Waals surface area contributed by atoms with E-state index in [1.54, 1.807) is 6.92 Å². The fraction of sp³-hybridized carbons (Fsp3) is 0.444. The van der Waals surface area contributed by atoms with Crippen molar-refractivity contribution in [3.8, 4) is 12.3 Å². The zero-order chi connectivity index (χ0) is 11.1. The second kappa shape index (κ2) is 6.09.